The number of carbonyl (C=O) groups is 1. The molecule has 0 aliphatic rings. The second-order valence-corrected chi connectivity index (χ2v) is 4.23. The van der Waals surface area contributed by atoms with Crippen molar-refractivity contribution in [2.75, 3.05) is 13.6 Å². The van der Waals surface area contributed by atoms with Gasteiger partial charge in [0.05, 0.1) is 11.1 Å². The number of rotatable bonds is 3. The van der Waals surface area contributed by atoms with Gasteiger partial charge >= 0.3 is 0 Å². The Bertz CT molecular complexity index is 564. The lowest BCUT2D eigenvalue weighted by atomic mass is 10.1. The van der Waals surface area contributed by atoms with Crippen molar-refractivity contribution in [3.63, 3.8) is 0 Å². The van der Waals surface area contributed by atoms with E-state index in [0.717, 1.165) is 5.52 Å². The number of likely N-dealkylation sites (N-methyl/N-ethyl adjacent to an activating group) is 1. The van der Waals surface area contributed by atoms with Crippen molar-refractivity contribution in [2.45, 2.75) is 13.0 Å². The van der Waals surface area contributed by atoms with Crippen LogP contribution in [0.2, 0.25) is 0 Å². The monoisotopic (exact) mass is 244 g/mol. The minimum absolute atomic E-state index is 0.00979. The summed E-state index contributed by atoms with van der Waals surface area (Å²) in [6.07, 6.45) is 3.20. The number of benzene rings is 1. The highest BCUT2D eigenvalue weighted by molar-refractivity contribution is 6.04. The minimum Gasteiger partial charge on any atom is -0.338 e. The van der Waals surface area contributed by atoms with Crippen LogP contribution in [-0.2, 0) is 0 Å². The van der Waals surface area contributed by atoms with Gasteiger partial charge in [-0.25, -0.2) is 0 Å². The maximum absolute atomic E-state index is 12.4. The molecule has 0 saturated carbocycles. The normalized spacial score (nSPS) is 12.4. The van der Waals surface area contributed by atoms with E-state index in [-0.39, 0.29) is 11.9 Å². The lowest BCUT2D eigenvalue weighted by Crippen LogP contribution is -2.39. The first kappa shape index (κ1) is 12.4. The van der Waals surface area contributed by atoms with Gasteiger partial charge in [-0.05, 0) is 19.1 Å². The fourth-order valence-corrected chi connectivity index (χ4v) is 1.71. The second kappa shape index (κ2) is 5.10. The number of carbonyl (C=O) groups excluding carboxylic acids is 1. The average Bonchev–Trinajstić information content (AvgIpc) is 2.44. The molecule has 0 bridgehead atoms. The summed E-state index contributed by atoms with van der Waals surface area (Å²) in [6, 6.07) is 5.40. The van der Waals surface area contributed by atoms with Crippen LogP contribution < -0.4 is 5.73 Å². The summed E-state index contributed by atoms with van der Waals surface area (Å²) in [5, 5.41) is 0. The molecule has 0 aliphatic heterocycles. The van der Waals surface area contributed by atoms with Crippen LogP contribution in [-0.4, -0.2) is 40.4 Å². The zero-order chi connectivity index (χ0) is 13.1. The smallest absolute Gasteiger partial charge is 0.256 e. The number of nitrogens with zero attached hydrogens (tertiary/aromatic N) is 3. The van der Waals surface area contributed by atoms with E-state index in [9.17, 15) is 4.79 Å². The Balaban J connectivity index is 2.45. The summed E-state index contributed by atoms with van der Waals surface area (Å²) in [6.45, 7) is 2.34. The topological polar surface area (TPSA) is 72.1 Å². The molecule has 5 nitrogen and oxygen atoms in total. The molecule has 18 heavy (non-hydrogen) atoms. The Kier molecular flexibility index (Phi) is 3.53. The Morgan fingerprint density at radius 2 is 2.11 bits per heavy atom. The van der Waals surface area contributed by atoms with Crippen LogP contribution in [0.15, 0.2) is 30.6 Å². The first-order valence-corrected chi connectivity index (χ1v) is 5.82. The van der Waals surface area contributed by atoms with E-state index >= 15 is 0 Å². The quantitative estimate of drug-likeness (QED) is 0.876. The molecule has 1 unspecified atom stereocenters. The molecule has 2 rings (SSSR count). The van der Waals surface area contributed by atoms with Crippen molar-refractivity contribution in [2.24, 2.45) is 5.73 Å². The molecule has 0 spiro atoms. The maximum Gasteiger partial charge on any atom is 0.256 e. The third-order valence-electron chi connectivity index (χ3n) is 3.05. The first-order chi connectivity index (χ1) is 8.65. The summed E-state index contributed by atoms with van der Waals surface area (Å²) >= 11 is 0. The van der Waals surface area contributed by atoms with Crippen molar-refractivity contribution in [1.29, 1.82) is 0 Å². The molecule has 0 radical (unpaired) electrons. The van der Waals surface area contributed by atoms with E-state index in [1.165, 1.54) is 0 Å². The van der Waals surface area contributed by atoms with Crippen molar-refractivity contribution < 1.29 is 4.79 Å². The van der Waals surface area contributed by atoms with E-state index in [1.54, 1.807) is 30.4 Å². The van der Waals surface area contributed by atoms with Gasteiger partial charge in [0.1, 0.15) is 5.52 Å². The largest absolute Gasteiger partial charge is 0.338 e. The molecule has 0 aliphatic carbocycles. The van der Waals surface area contributed by atoms with Gasteiger partial charge in [-0.1, -0.05) is 6.07 Å². The second-order valence-electron chi connectivity index (χ2n) is 4.23. The SMILES string of the molecule is CC(CN)N(C)C(=O)c1cccc2nccnc12. The number of amides is 1. The number of fused-ring (bicyclic) bond motifs is 1. The molecular formula is C13H16N4O. The highest BCUT2D eigenvalue weighted by Crippen LogP contribution is 2.16. The molecule has 0 saturated heterocycles. The van der Waals surface area contributed by atoms with Crippen LogP contribution in [0.5, 0.6) is 0 Å². The van der Waals surface area contributed by atoms with Crippen molar-refractivity contribution in [3.05, 3.63) is 36.2 Å². The van der Waals surface area contributed by atoms with Crippen LogP contribution in [0.25, 0.3) is 11.0 Å². The molecule has 1 amide bonds. The number of hydrogen-bond donors (Lipinski definition) is 1. The van der Waals surface area contributed by atoms with Gasteiger partial charge in [0.25, 0.3) is 5.91 Å². The van der Waals surface area contributed by atoms with Gasteiger partial charge in [-0.3, -0.25) is 14.8 Å². The third-order valence-corrected chi connectivity index (χ3v) is 3.05. The highest BCUT2D eigenvalue weighted by atomic mass is 16.2. The fraction of sp³-hybridized carbons (Fsp3) is 0.308. The van der Waals surface area contributed by atoms with Gasteiger partial charge in [0.2, 0.25) is 0 Å². The predicted molar refractivity (Wildman–Crippen MR) is 70.1 cm³/mol. The first-order valence-electron chi connectivity index (χ1n) is 5.82. The standard InChI is InChI=1S/C13H16N4O/c1-9(8-14)17(2)13(18)10-4-3-5-11-12(10)16-7-6-15-11/h3-7,9H,8,14H2,1-2H3. The van der Waals surface area contributed by atoms with Gasteiger partial charge in [0.15, 0.2) is 0 Å². The summed E-state index contributed by atoms with van der Waals surface area (Å²) in [5.41, 5.74) is 7.48. The molecule has 5 heteroatoms. The van der Waals surface area contributed by atoms with Crippen molar-refractivity contribution in [1.82, 2.24) is 14.9 Å². The Labute approximate surface area is 106 Å². The molecule has 1 aromatic heterocycles. The number of hydrogen-bond acceptors (Lipinski definition) is 4. The maximum atomic E-state index is 12.4. The summed E-state index contributed by atoms with van der Waals surface area (Å²) in [4.78, 5) is 22.4. The molecule has 1 atom stereocenters. The molecule has 1 aromatic carbocycles. The van der Waals surface area contributed by atoms with Crippen LogP contribution in [0, 0.1) is 0 Å². The molecule has 94 valence electrons. The lowest BCUT2D eigenvalue weighted by Gasteiger charge is -2.23. The third kappa shape index (κ3) is 2.17. The predicted octanol–water partition coefficient (Wildman–Crippen LogP) is 1.05. The van der Waals surface area contributed by atoms with E-state index in [4.69, 9.17) is 5.73 Å². The van der Waals surface area contributed by atoms with Crippen LogP contribution in [0.4, 0.5) is 0 Å². The van der Waals surface area contributed by atoms with Crippen molar-refractivity contribution >= 4 is 16.9 Å². The number of para-hydroxylation sites is 1. The zero-order valence-corrected chi connectivity index (χ0v) is 10.5. The Morgan fingerprint density at radius 1 is 1.39 bits per heavy atom. The molecule has 2 N–H and O–H groups in total. The van der Waals surface area contributed by atoms with E-state index in [0.29, 0.717) is 17.6 Å². The Hall–Kier alpha value is -2.01. The number of nitrogens with two attached hydrogens (primary N) is 1. The fourth-order valence-electron chi connectivity index (χ4n) is 1.71. The van der Waals surface area contributed by atoms with Gasteiger partial charge in [-0.2, -0.15) is 0 Å². The highest BCUT2D eigenvalue weighted by Gasteiger charge is 2.19. The number of aromatic nitrogens is 2. The molecular weight excluding hydrogens is 228 g/mol. The van der Waals surface area contributed by atoms with E-state index in [1.807, 2.05) is 19.1 Å². The van der Waals surface area contributed by atoms with E-state index in [2.05, 4.69) is 9.97 Å². The van der Waals surface area contributed by atoms with Gasteiger partial charge < -0.3 is 10.6 Å². The molecule has 1 heterocycles. The molecule has 2 aromatic rings. The van der Waals surface area contributed by atoms with E-state index < -0.39 is 0 Å². The Morgan fingerprint density at radius 3 is 2.83 bits per heavy atom. The van der Waals surface area contributed by atoms with Crippen LogP contribution in [0.3, 0.4) is 0 Å². The van der Waals surface area contributed by atoms with Crippen molar-refractivity contribution in [3.8, 4) is 0 Å². The van der Waals surface area contributed by atoms with Crippen LogP contribution in [0.1, 0.15) is 17.3 Å². The van der Waals surface area contributed by atoms with Gasteiger partial charge in [-0.15, -0.1) is 0 Å². The summed E-state index contributed by atoms with van der Waals surface area (Å²) < 4.78 is 0. The average molecular weight is 244 g/mol. The summed E-state index contributed by atoms with van der Waals surface area (Å²) in [7, 11) is 1.75. The lowest BCUT2D eigenvalue weighted by molar-refractivity contribution is 0.0750. The summed E-state index contributed by atoms with van der Waals surface area (Å²) in [5.74, 6) is -0.0842. The van der Waals surface area contributed by atoms with Gasteiger partial charge in [0, 0.05) is 32.0 Å². The van der Waals surface area contributed by atoms with Crippen LogP contribution >= 0.6 is 0 Å². The minimum atomic E-state index is -0.0842. The molecule has 0 fully saturated rings. The zero-order valence-electron chi connectivity index (χ0n) is 10.5.